The highest BCUT2D eigenvalue weighted by Gasteiger charge is 2.33. The maximum atomic E-state index is 10.6. The van der Waals surface area contributed by atoms with E-state index in [0.717, 1.165) is 34.9 Å². The molecule has 0 amide bonds. The average molecular weight is 427 g/mol. The Labute approximate surface area is 183 Å². The molecule has 31 heavy (non-hydrogen) atoms. The highest BCUT2D eigenvalue weighted by Crippen LogP contribution is 2.36. The molecule has 2 unspecified atom stereocenters. The first-order chi connectivity index (χ1) is 15.1. The Balaban J connectivity index is 1.86. The molecule has 6 heteroatoms. The van der Waals surface area contributed by atoms with Gasteiger partial charge in [-0.1, -0.05) is 0 Å². The fraction of sp³-hybridized carbons (Fsp3) is 0.440. The van der Waals surface area contributed by atoms with Crippen LogP contribution in [0.2, 0.25) is 0 Å². The van der Waals surface area contributed by atoms with Crippen molar-refractivity contribution in [2.75, 3.05) is 33.0 Å². The second-order valence-electron chi connectivity index (χ2n) is 7.65. The van der Waals surface area contributed by atoms with E-state index in [1.807, 2.05) is 27.7 Å². The zero-order chi connectivity index (χ0) is 22.0. The molecule has 2 aliphatic rings. The number of fused-ring (bicyclic) bond motifs is 4. The van der Waals surface area contributed by atoms with E-state index in [1.54, 1.807) is 6.07 Å². The number of hydrogen-bond acceptors (Lipinski definition) is 5. The van der Waals surface area contributed by atoms with Gasteiger partial charge in [0.2, 0.25) is 5.75 Å². The van der Waals surface area contributed by atoms with E-state index in [0.29, 0.717) is 37.9 Å². The van der Waals surface area contributed by atoms with E-state index in [4.69, 9.17) is 18.9 Å². The second-order valence-corrected chi connectivity index (χ2v) is 7.65. The summed E-state index contributed by atoms with van der Waals surface area (Å²) in [7, 11) is 0. The highest BCUT2D eigenvalue weighted by molar-refractivity contribution is 5.59. The third kappa shape index (κ3) is 3.92. The summed E-state index contributed by atoms with van der Waals surface area (Å²) in [5.41, 5.74) is 2.52. The van der Waals surface area contributed by atoms with Crippen LogP contribution in [0.25, 0.3) is 12.3 Å². The molecule has 0 aliphatic carbocycles. The lowest BCUT2D eigenvalue weighted by atomic mass is 9.90. The smallest absolute Gasteiger partial charge is 0.204 e. The second kappa shape index (κ2) is 9.10. The largest absolute Gasteiger partial charge is 0.504 e. The SMILES string of the molecule is CCOc1cc2c(cc1OCC)C1C=c3cc(O)c(OCC)c(OCC)c3=C[NH+]1CC2. The summed E-state index contributed by atoms with van der Waals surface area (Å²) in [5, 5.41) is 12.6. The normalized spacial score (nSPS) is 18.6. The summed E-state index contributed by atoms with van der Waals surface area (Å²) < 4.78 is 23.3. The Bertz CT molecular complexity index is 1080. The summed E-state index contributed by atoms with van der Waals surface area (Å²) in [6.07, 6.45) is 5.39. The minimum absolute atomic E-state index is 0.106. The van der Waals surface area contributed by atoms with Crippen molar-refractivity contribution < 1.29 is 29.0 Å². The zero-order valence-corrected chi connectivity index (χ0v) is 18.8. The van der Waals surface area contributed by atoms with Crippen LogP contribution in [0.3, 0.4) is 0 Å². The molecule has 6 nitrogen and oxygen atoms in total. The summed E-state index contributed by atoms with van der Waals surface area (Å²) in [5.74, 6) is 2.74. The van der Waals surface area contributed by atoms with Crippen molar-refractivity contribution in [1.29, 1.82) is 0 Å². The number of rotatable bonds is 8. The molecule has 0 fully saturated rings. The van der Waals surface area contributed by atoms with Gasteiger partial charge in [-0.05, 0) is 62.8 Å². The standard InChI is InChI=1S/C25H31NO5/c1-5-28-22-13-16-9-10-26-15-19-17(11-20(26)18(16)14-23(22)29-6-2)12-21(27)25(31-8-4)24(19)30-7-3/h11-15,20,27H,5-10H2,1-4H3/p+1. The third-order valence-electron chi connectivity index (χ3n) is 5.76. The first kappa shape index (κ1) is 21.4. The molecule has 166 valence electrons. The Morgan fingerprint density at radius 1 is 0.871 bits per heavy atom. The topological polar surface area (TPSA) is 61.6 Å². The van der Waals surface area contributed by atoms with Crippen molar-refractivity contribution in [2.24, 2.45) is 0 Å². The molecule has 0 saturated heterocycles. The average Bonchev–Trinajstić information content (AvgIpc) is 2.76. The van der Waals surface area contributed by atoms with Crippen LogP contribution >= 0.6 is 0 Å². The van der Waals surface area contributed by atoms with Gasteiger partial charge in [0.25, 0.3) is 0 Å². The van der Waals surface area contributed by atoms with Crippen LogP contribution in [0.5, 0.6) is 28.7 Å². The van der Waals surface area contributed by atoms with Gasteiger partial charge >= 0.3 is 0 Å². The van der Waals surface area contributed by atoms with Crippen LogP contribution in [0, 0.1) is 0 Å². The van der Waals surface area contributed by atoms with Crippen molar-refractivity contribution in [2.45, 2.75) is 40.2 Å². The van der Waals surface area contributed by atoms with E-state index < -0.39 is 0 Å². The number of hydrogen-bond donors (Lipinski definition) is 2. The fourth-order valence-corrected chi connectivity index (χ4v) is 4.54. The molecule has 2 heterocycles. The lowest BCUT2D eigenvalue weighted by molar-refractivity contribution is -0.844. The van der Waals surface area contributed by atoms with Gasteiger partial charge in [0.1, 0.15) is 12.2 Å². The molecule has 0 bridgehead atoms. The first-order valence-corrected chi connectivity index (χ1v) is 11.2. The molecule has 2 aromatic carbocycles. The molecule has 2 aliphatic heterocycles. The number of phenolic OH excluding ortho intramolecular Hbond substituents is 1. The molecule has 0 spiro atoms. The van der Waals surface area contributed by atoms with E-state index in [2.05, 4.69) is 24.4 Å². The highest BCUT2D eigenvalue weighted by atomic mass is 16.5. The quantitative estimate of drug-likeness (QED) is 0.673. The fourth-order valence-electron chi connectivity index (χ4n) is 4.54. The van der Waals surface area contributed by atoms with Crippen molar-refractivity contribution >= 4 is 12.3 Å². The van der Waals surface area contributed by atoms with Gasteiger partial charge in [0.05, 0.1) is 38.2 Å². The molecule has 2 N–H and O–H groups in total. The van der Waals surface area contributed by atoms with Crippen molar-refractivity contribution in [1.82, 2.24) is 0 Å². The minimum atomic E-state index is 0.106. The molecular formula is C25H32NO5+. The van der Waals surface area contributed by atoms with E-state index in [9.17, 15) is 5.11 Å². The van der Waals surface area contributed by atoms with Crippen molar-refractivity contribution in [3.8, 4) is 28.7 Å². The minimum Gasteiger partial charge on any atom is -0.504 e. The van der Waals surface area contributed by atoms with Crippen LogP contribution in [0.1, 0.15) is 44.9 Å². The molecule has 0 saturated carbocycles. The van der Waals surface area contributed by atoms with E-state index in [1.165, 1.54) is 16.0 Å². The molecule has 4 rings (SSSR count). The summed E-state index contributed by atoms with van der Waals surface area (Å²) in [6, 6.07) is 6.17. The van der Waals surface area contributed by atoms with Gasteiger partial charge in [-0.15, -0.1) is 0 Å². The summed E-state index contributed by atoms with van der Waals surface area (Å²) in [6.45, 7) is 10.9. The maximum absolute atomic E-state index is 10.6. The monoisotopic (exact) mass is 426 g/mol. The lowest BCUT2D eigenvalue weighted by Gasteiger charge is -2.32. The van der Waals surface area contributed by atoms with E-state index in [-0.39, 0.29) is 11.8 Å². The van der Waals surface area contributed by atoms with Gasteiger partial charge in [-0.25, -0.2) is 0 Å². The van der Waals surface area contributed by atoms with Gasteiger partial charge in [0, 0.05) is 12.0 Å². The summed E-state index contributed by atoms with van der Waals surface area (Å²) >= 11 is 0. The van der Waals surface area contributed by atoms with Crippen molar-refractivity contribution in [3.05, 3.63) is 39.8 Å². The molecule has 0 aromatic heterocycles. The third-order valence-corrected chi connectivity index (χ3v) is 5.76. The number of aromatic hydroxyl groups is 1. The number of phenols is 1. The Morgan fingerprint density at radius 3 is 2.19 bits per heavy atom. The van der Waals surface area contributed by atoms with Crippen molar-refractivity contribution in [3.63, 3.8) is 0 Å². The van der Waals surface area contributed by atoms with Crippen LogP contribution < -0.4 is 34.3 Å². The Morgan fingerprint density at radius 2 is 1.52 bits per heavy atom. The van der Waals surface area contributed by atoms with Crippen LogP contribution in [0.15, 0.2) is 18.2 Å². The Hall–Kier alpha value is -2.86. The van der Waals surface area contributed by atoms with Crippen LogP contribution in [0.4, 0.5) is 0 Å². The van der Waals surface area contributed by atoms with Crippen LogP contribution in [-0.2, 0) is 6.42 Å². The molecule has 0 radical (unpaired) electrons. The molecule has 2 atom stereocenters. The number of nitrogens with one attached hydrogen (secondary N) is 1. The number of quaternary nitrogens is 1. The lowest BCUT2D eigenvalue weighted by Crippen LogP contribution is -3.09. The summed E-state index contributed by atoms with van der Waals surface area (Å²) in [4.78, 5) is 1.33. The zero-order valence-electron chi connectivity index (χ0n) is 18.8. The van der Waals surface area contributed by atoms with Gasteiger partial charge < -0.3 is 24.1 Å². The Kier molecular flexibility index (Phi) is 6.28. The molecular weight excluding hydrogens is 394 g/mol. The van der Waals surface area contributed by atoms with Gasteiger partial charge in [-0.2, -0.15) is 0 Å². The van der Waals surface area contributed by atoms with E-state index >= 15 is 0 Å². The number of benzene rings is 2. The number of ether oxygens (including phenoxy) is 4. The van der Waals surface area contributed by atoms with Gasteiger partial charge in [0.15, 0.2) is 23.0 Å². The van der Waals surface area contributed by atoms with Crippen LogP contribution in [-0.4, -0.2) is 38.1 Å². The molecule has 2 aromatic rings. The van der Waals surface area contributed by atoms with Gasteiger partial charge in [-0.3, -0.25) is 4.90 Å². The first-order valence-electron chi connectivity index (χ1n) is 11.2. The maximum Gasteiger partial charge on any atom is 0.204 e. The predicted octanol–water partition coefficient (Wildman–Crippen LogP) is 1.70. The predicted molar refractivity (Wildman–Crippen MR) is 120 cm³/mol.